The van der Waals surface area contributed by atoms with Gasteiger partial charge in [-0.3, -0.25) is 9.69 Å². The Morgan fingerprint density at radius 2 is 2.05 bits per heavy atom. The van der Waals surface area contributed by atoms with E-state index in [2.05, 4.69) is 18.7 Å². The van der Waals surface area contributed by atoms with Crippen LogP contribution in [0.15, 0.2) is 6.07 Å². The van der Waals surface area contributed by atoms with Crippen LogP contribution in [0, 0.1) is 5.41 Å². The molecule has 0 aromatic carbocycles. The quantitative estimate of drug-likeness (QED) is 0.746. The van der Waals surface area contributed by atoms with E-state index < -0.39 is 0 Å². The summed E-state index contributed by atoms with van der Waals surface area (Å²) in [5, 5.41) is 0. The van der Waals surface area contributed by atoms with Crippen LogP contribution in [-0.2, 0) is 0 Å². The fraction of sp³-hybridized carbons (Fsp3) is 0.643. The summed E-state index contributed by atoms with van der Waals surface area (Å²) in [5.74, 6) is 0.0771. The van der Waals surface area contributed by atoms with Gasteiger partial charge in [0.25, 0.3) is 0 Å². The topological polar surface area (TPSA) is 20.3 Å². The normalized spacial score (nSPS) is 19.6. The molecule has 1 aliphatic heterocycles. The number of hydrogen-bond acceptors (Lipinski definition) is 3. The van der Waals surface area contributed by atoms with Crippen molar-refractivity contribution in [2.24, 2.45) is 5.41 Å². The lowest BCUT2D eigenvalue weighted by molar-refractivity contribution is 0.0813. The molecule has 1 aromatic heterocycles. The molecule has 0 bridgehead atoms. The third kappa shape index (κ3) is 3.72. The number of halogens is 2. The number of rotatable bonds is 4. The van der Waals surface area contributed by atoms with Crippen molar-refractivity contribution in [3.63, 3.8) is 0 Å². The average Bonchev–Trinajstić information content (AvgIpc) is 2.72. The zero-order valence-corrected chi connectivity index (χ0v) is 13.7. The molecule has 1 saturated heterocycles. The highest BCUT2D eigenvalue weighted by atomic mass is 35.5. The number of likely N-dealkylation sites (tertiary alicyclic amines) is 1. The lowest BCUT2D eigenvalue weighted by Gasteiger charge is -2.38. The Morgan fingerprint density at radius 1 is 1.42 bits per heavy atom. The number of piperidine rings is 1. The second kappa shape index (κ2) is 6.13. The predicted octanol–water partition coefficient (Wildman–Crippen LogP) is 4.75. The monoisotopic (exact) mass is 319 g/mol. The molecule has 0 aliphatic carbocycles. The van der Waals surface area contributed by atoms with Crippen molar-refractivity contribution < 1.29 is 4.79 Å². The summed E-state index contributed by atoms with van der Waals surface area (Å²) in [7, 11) is 0. The standard InChI is InChI=1S/C14H19Cl2NOS/c1-3-14(2)4-6-17(7-5-14)9-11(18)10-8-12(15)19-13(10)16/h8H,3-7,9H2,1-2H3. The zero-order chi connectivity index (χ0) is 14.0. The van der Waals surface area contributed by atoms with Gasteiger partial charge >= 0.3 is 0 Å². The molecule has 1 aromatic rings. The molecule has 0 atom stereocenters. The van der Waals surface area contributed by atoms with Crippen LogP contribution in [0.1, 0.15) is 43.5 Å². The Morgan fingerprint density at radius 3 is 2.53 bits per heavy atom. The first-order valence-corrected chi connectivity index (χ1v) is 8.21. The molecule has 0 spiro atoms. The number of thiophene rings is 1. The smallest absolute Gasteiger partial charge is 0.179 e. The van der Waals surface area contributed by atoms with Crippen molar-refractivity contribution in [2.45, 2.75) is 33.1 Å². The van der Waals surface area contributed by atoms with Gasteiger partial charge in [-0.2, -0.15) is 0 Å². The highest BCUT2D eigenvalue weighted by Crippen LogP contribution is 2.35. The molecule has 0 amide bonds. The van der Waals surface area contributed by atoms with Crippen molar-refractivity contribution in [3.8, 4) is 0 Å². The summed E-state index contributed by atoms with van der Waals surface area (Å²) in [6.45, 7) is 7.01. The van der Waals surface area contributed by atoms with Crippen molar-refractivity contribution >= 4 is 40.3 Å². The molecule has 106 valence electrons. The van der Waals surface area contributed by atoms with Gasteiger partial charge in [0.05, 0.1) is 16.4 Å². The lowest BCUT2D eigenvalue weighted by atomic mass is 9.78. The summed E-state index contributed by atoms with van der Waals surface area (Å²) >= 11 is 13.2. The molecule has 19 heavy (non-hydrogen) atoms. The van der Waals surface area contributed by atoms with Crippen LogP contribution in [0.2, 0.25) is 8.67 Å². The van der Waals surface area contributed by atoms with Gasteiger partial charge in [-0.1, -0.05) is 43.5 Å². The minimum atomic E-state index is 0.0771. The molecule has 1 fully saturated rings. The maximum atomic E-state index is 12.2. The molecule has 0 N–H and O–H groups in total. The van der Waals surface area contributed by atoms with Crippen LogP contribution in [-0.4, -0.2) is 30.3 Å². The molecule has 0 saturated carbocycles. The van der Waals surface area contributed by atoms with Crippen molar-refractivity contribution in [3.05, 3.63) is 20.3 Å². The van der Waals surface area contributed by atoms with Gasteiger partial charge in [0, 0.05) is 0 Å². The predicted molar refractivity (Wildman–Crippen MR) is 82.7 cm³/mol. The second-order valence-electron chi connectivity index (χ2n) is 5.60. The van der Waals surface area contributed by atoms with E-state index in [0.29, 0.717) is 26.2 Å². The molecule has 2 nitrogen and oxygen atoms in total. The van der Waals surface area contributed by atoms with Crippen LogP contribution in [0.3, 0.4) is 0 Å². The van der Waals surface area contributed by atoms with Crippen LogP contribution >= 0.6 is 34.5 Å². The Balaban J connectivity index is 1.93. The fourth-order valence-electron chi connectivity index (χ4n) is 2.42. The van der Waals surface area contributed by atoms with E-state index in [1.54, 1.807) is 6.07 Å². The van der Waals surface area contributed by atoms with E-state index in [4.69, 9.17) is 23.2 Å². The van der Waals surface area contributed by atoms with Gasteiger partial charge in [-0.15, -0.1) is 11.3 Å². The van der Waals surface area contributed by atoms with Crippen LogP contribution in [0.4, 0.5) is 0 Å². The number of carbonyl (C=O) groups is 1. The first kappa shape index (κ1) is 15.3. The summed E-state index contributed by atoms with van der Waals surface area (Å²) < 4.78 is 1.08. The maximum absolute atomic E-state index is 12.2. The Kier molecular flexibility index (Phi) is 4.93. The number of Topliss-reactive ketones (excluding diaryl/α,β-unsaturated/α-hetero) is 1. The van der Waals surface area contributed by atoms with E-state index in [1.807, 2.05) is 0 Å². The van der Waals surface area contributed by atoms with E-state index in [1.165, 1.54) is 17.8 Å². The summed E-state index contributed by atoms with van der Waals surface area (Å²) in [6.07, 6.45) is 3.53. The minimum Gasteiger partial charge on any atom is -0.296 e. The Hall–Kier alpha value is -0.0900. The third-order valence-corrected chi connectivity index (χ3v) is 5.73. The Labute approximate surface area is 128 Å². The van der Waals surface area contributed by atoms with E-state index in [0.717, 1.165) is 25.9 Å². The fourth-order valence-corrected chi connectivity index (χ4v) is 3.92. The first-order valence-electron chi connectivity index (χ1n) is 6.64. The summed E-state index contributed by atoms with van der Waals surface area (Å²) in [4.78, 5) is 14.4. The highest BCUT2D eigenvalue weighted by molar-refractivity contribution is 7.20. The lowest BCUT2D eigenvalue weighted by Crippen LogP contribution is -2.40. The Bertz CT molecular complexity index is 464. The van der Waals surface area contributed by atoms with E-state index >= 15 is 0 Å². The van der Waals surface area contributed by atoms with Gasteiger partial charge in [-0.25, -0.2) is 0 Å². The van der Waals surface area contributed by atoms with Gasteiger partial charge in [0.1, 0.15) is 4.34 Å². The largest absolute Gasteiger partial charge is 0.296 e. The third-order valence-electron chi connectivity index (χ3n) is 4.24. The summed E-state index contributed by atoms with van der Waals surface area (Å²) in [5.41, 5.74) is 1.02. The second-order valence-corrected chi connectivity index (χ2v) is 7.89. The number of nitrogens with zero attached hydrogens (tertiary/aromatic N) is 1. The number of ketones is 1. The van der Waals surface area contributed by atoms with Gasteiger partial charge < -0.3 is 0 Å². The molecular weight excluding hydrogens is 301 g/mol. The first-order chi connectivity index (χ1) is 8.93. The van der Waals surface area contributed by atoms with Gasteiger partial charge in [0.2, 0.25) is 0 Å². The van der Waals surface area contributed by atoms with Gasteiger partial charge in [0.15, 0.2) is 5.78 Å². The molecule has 5 heteroatoms. The van der Waals surface area contributed by atoms with E-state index in [9.17, 15) is 4.79 Å². The van der Waals surface area contributed by atoms with Crippen LogP contribution in [0.25, 0.3) is 0 Å². The highest BCUT2D eigenvalue weighted by Gasteiger charge is 2.29. The van der Waals surface area contributed by atoms with Crippen LogP contribution in [0.5, 0.6) is 0 Å². The maximum Gasteiger partial charge on any atom is 0.179 e. The SMILES string of the molecule is CCC1(C)CCN(CC(=O)c2cc(Cl)sc2Cl)CC1. The van der Waals surface area contributed by atoms with Crippen molar-refractivity contribution in [1.82, 2.24) is 4.90 Å². The molecule has 0 radical (unpaired) electrons. The zero-order valence-electron chi connectivity index (χ0n) is 11.3. The average molecular weight is 320 g/mol. The number of carbonyl (C=O) groups excluding carboxylic acids is 1. The number of hydrogen-bond donors (Lipinski definition) is 0. The molecule has 0 unspecified atom stereocenters. The molecule has 1 aliphatic rings. The van der Waals surface area contributed by atoms with Gasteiger partial charge in [-0.05, 0) is 37.4 Å². The van der Waals surface area contributed by atoms with E-state index in [-0.39, 0.29) is 5.78 Å². The van der Waals surface area contributed by atoms with Crippen molar-refractivity contribution in [2.75, 3.05) is 19.6 Å². The summed E-state index contributed by atoms with van der Waals surface area (Å²) in [6, 6.07) is 1.68. The molecule has 2 heterocycles. The van der Waals surface area contributed by atoms with Crippen LogP contribution < -0.4 is 0 Å². The van der Waals surface area contributed by atoms with Crippen molar-refractivity contribution in [1.29, 1.82) is 0 Å². The molecular formula is C14H19Cl2NOS. The molecule has 2 rings (SSSR count). The minimum absolute atomic E-state index is 0.0771.